The van der Waals surface area contributed by atoms with Crippen molar-refractivity contribution in [2.45, 2.75) is 106 Å². The van der Waals surface area contributed by atoms with E-state index in [9.17, 15) is 4.79 Å². The standard InChI is InChI=1S/C30H48O/c1-8-22(19(2)3)10-9-20(4)24-13-14-26-23-11-12-25-21(5)28(31)16-18-30(25,7)27(23)15-17-29(24,26)6/h8,11,19-21,24-27H,9-10,12-18H2,1-7H3/b22-8-/t20-,21+,24-,25+,26+,27+,29-,30+/m1/s1. The first-order valence-electron chi connectivity index (χ1n) is 13.5. The van der Waals surface area contributed by atoms with Crippen LogP contribution >= 0.6 is 0 Å². The third-order valence-corrected chi connectivity index (χ3v) is 11.1. The second-order valence-corrected chi connectivity index (χ2v) is 12.7. The molecule has 1 heteroatoms. The lowest BCUT2D eigenvalue weighted by molar-refractivity contribution is -0.134. The monoisotopic (exact) mass is 424 g/mol. The van der Waals surface area contributed by atoms with E-state index < -0.39 is 0 Å². The predicted molar refractivity (Wildman–Crippen MR) is 132 cm³/mol. The van der Waals surface area contributed by atoms with E-state index in [-0.39, 0.29) is 5.92 Å². The van der Waals surface area contributed by atoms with E-state index in [2.05, 4.69) is 60.6 Å². The van der Waals surface area contributed by atoms with E-state index in [1.54, 1.807) is 5.57 Å². The first-order chi connectivity index (χ1) is 14.6. The molecule has 0 unspecified atom stereocenters. The molecule has 4 aliphatic rings. The fraction of sp³-hybridized carbons (Fsp3) is 0.833. The molecular weight excluding hydrogens is 376 g/mol. The van der Waals surface area contributed by atoms with Crippen LogP contribution in [0.15, 0.2) is 23.3 Å². The van der Waals surface area contributed by atoms with Gasteiger partial charge in [0.25, 0.3) is 0 Å². The molecule has 0 heterocycles. The van der Waals surface area contributed by atoms with Gasteiger partial charge in [-0.1, -0.05) is 64.8 Å². The van der Waals surface area contributed by atoms with Gasteiger partial charge in [0.2, 0.25) is 0 Å². The minimum Gasteiger partial charge on any atom is -0.299 e. The van der Waals surface area contributed by atoms with E-state index in [0.29, 0.717) is 28.4 Å². The number of carbonyl (C=O) groups excluding carboxylic acids is 1. The lowest BCUT2D eigenvalue weighted by atomic mass is 9.46. The normalized spacial score (nSPS) is 43.9. The number of allylic oxidation sites excluding steroid dienone is 4. The molecule has 0 bridgehead atoms. The third kappa shape index (κ3) is 3.71. The van der Waals surface area contributed by atoms with Crippen LogP contribution in [0.25, 0.3) is 0 Å². The molecule has 0 aromatic rings. The molecule has 0 aromatic heterocycles. The highest BCUT2D eigenvalue weighted by molar-refractivity contribution is 5.82. The number of hydrogen-bond donors (Lipinski definition) is 0. The molecule has 0 radical (unpaired) electrons. The molecule has 0 aromatic carbocycles. The van der Waals surface area contributed by atoms with Crippen LogP contribution in [0.5, 0.6) is 0 Å². The van der Waals surface area contributed by atoms with Gasteiger partial charge in [-0.05, 0) is 105 Å². The lowest BCUT2D eigenvalue weighted by Crippen LogP contribution is -2.51. The molecule has 0 aliphatic heterocycles. The van der Waals surface area contributed by atoms with Gasteiger partial charge in [-0.15, -0.1) is 0 Å². The second kappa shape index (κ2) is 8.49. The van der Waals surface area contributed by atoms with E-state index in [4.69, 9.17) is 0 Å². The van der Waals surface area contributed by atoms with E-state index in [1.807, 2.05) is 5.57 Å². The summed E-state index contributed by atoms with van der Waals surface area (Å²) in [5, 5.41) is 0. The minimum atomic E-state index is 0.267. The molecule has 3 saturated carbocycles. The Morgan fingerprint density at radius 1 is 1.10 bits per heavy atom. The van der Waals surface area contributed by atoms with Gasteiger partial charge in [-0.25, -0.2) is 0 Å². The summed E-state index contributed by atoms with van der Waals surface area (Å²) < 4.78 is 0. The smallest absolute Gasteiger partial charge is 0.136 e. The number of Topliss-reactive ketones (excluding diaryl/α,β-unsaturated/α-hetero) is 1. The molecule has 31 heavy (non-hydrogen) atoms. The fourth-order valence-electron chi connectivity index (χ4n) is 9.10. The first kappa shape index (κ1) is 23.3. The predicted octanol–water partition coefficient (Wildman–Crippen LogP) is 8.40. The Bertz CT molecular complexity index is 756. The summed E-state index contributed by atoms with van der Waals surface area (Å²) in [7, 11) is 0. The van der Waals surface area contributed by atoms with Gasteiger partial charge in [-0.2, -0.15) is 0 Å². The molecule has 4 aliphatic carbocycles. The summed E-state index contributed by atoms with van der Waals surface area (Å²) in [5.41, 5.74) is 4.33. The Morgan fingerprint density at radius 2 is 1.81 bits per heavy atom. The van der Waals surface area contributed by atoms with Crippen molar-refractivity contribution in [3.63, 3.8) is 0 Å². The van der Waals surface area contributed by atoms with Crippen molar-refractivity contribution in [1.29, 1.82) is 0 Å². The van der Waals surface area contributed by atoms with Crippen molar-refractivity contribution in [2.75, 3.05) is 0 Å². The summed E-state index contributed by atoms with van der Waals surface area (Å²) in [6, 6.07) is 0. The molecule has 0 spiro atoms. The van der Waals surface area contributed by atoms with Crippen LogP contribution in [-0.2, 0) is 4.79 Å². The Hall–Kier alpha value is -0.850. The van der Waals surface area contributed by atoms with Gasteiger partial charge in [-0.3, -0.25) is 4.79 Å². The number of fused-ring (bicyclic) bond motifs is 5. The van der Waals surface area contributed by atoms with E-state index >= 15 is 0 Å². The van der Waals surface area contributed by atoms with Crippen molar-refractivity contribution in [3.8, 4) is 0 Å². The summed E-state index contributed by atoms with van der Waals surface area (Å²) in [6.45, 7) is 16.9. The molecular formula is C30H48O. The van der Waals surface area contributed by atoms with Gasteiger partial charge in [0.05, 0.1) is 0 Å². The number of ketones is 1. The van der Waals surface area contributed by atoms with Crippen molar-refractivity contribution >= 4 is 5.78 Å². The van der Waals surface area contributed by atoms with Crippen molar-refractivity contribution < 1.29 is 4.79 Å². The number of hydrogen-bond acceptors (Lipinski definition) is 1. The lowest BCUT2D eigenvalue weighted by Gasteiger charge is -2.58. The van der Waals surface area contributed by atoms with Gasteiger partial charge < -0.3 is 0 Å². The van der Waals surface area contributed by atoms with Crippen LogP contribution in [0.1, 0.15) is 106 Å². The zero-order chi connectivity index (χ0) is 22.6. The van der Waals surface area contributed by atoms with E-state index in [1.165, 1.54) is 38.5 Å². The van der Waals surface area contributed by atoms with Crippen LogP contribution < -0.4 is 0 Å². The molecule has 174 valence electrons. The molecule has 4 rings (SSSR count). The third-order valence-electron chi connectivity index (χ3n) is 11.1. The maximum absolute atomic E-state index is 12.5. The van der Waals surface area contributed by atoms with Crippen molar-refractivity contribution in [3.05, 3.63) is 23.3 Å². The Balaban J connectivity index is 1.52. The van der Waals surface area contributed by atoms with Crippen LogP contribution in [0.2, 0.25) is 0 Å². The highest BCUT2D eigenvalue weighted by Gasteiger charge is 2.59. The fourth-order valence-corrected chi connectivity index (χ4v) is 9.10. The summed E-state index contributed by atoms with van der Waals surface area (Å²) in [6.07, 6.45) is 16.4. The zero-order valence-electron chi connectivity index (χ0n) is 21.5. The van der Waals surface area contributed by atoms with Gasteiger partial charge in [0.1, 0.15) is 5.78 Å². The highest BCUT2D eigenvalue weighted by Crippen LogP contribution is 2.67. The zero-order valence-corrected chi connectivity index (χ0v) is 21.5. The first-order valence-corrected chi connectivity index (χ1v) is 13.5. The van der Waals surface area contributed by atoms with E-state index in [0.717, 1.165) is 42.9 Å². The largest absolute Gasteiger partial charge is 0.299 e. The molecule has 8 atom stereocenters. The Kier molecular flexibility index (Phi) is 6.39. The minimum absolute atomic E-state index is 0.267. The molecule has 3 fully saturated rings. The van der Waals surface area contributed by atoms with Crippen LogP contribution in [0, 0.1) is 52.3 Å². The maximum Gasteiger partial charge on any atom is 0.136 e. The second-order valence-electron chi connectivity index (χ2n) is 12.7. The molecule has 1 nitrogen and oxygen atoms in total. The molecule has 0 saturated heterocycles. The Morgan fingerprint density at radius 3 is 2.48 bits per heavy atom. The number of rotatable bonds is 5. The highest BCUT2D eigenvalue weighted by atomic mass is 16.1. The van der Waals surface area contributed by atoms with Crippen molar-refractivity contribution in [2.24, 2.45) is 52.3 Å². The SMILES string of the molecule is C/C=C(/CC[C@@H](C)[C@H]1CC[C@H]2C3=CC[C@H]4[C@H](C)C(=O)CC[C@]4(C)[C@H]3CC[C@]12C)C(C)C. The Labute approximate surface area is 192 Å². The van der Waals surface area contributed by atoms with Crippen molar-refractivity contribution in [1.82, 2.24) is 0 Å². The summed E-state index contributed by atoms with van der Waals surface area (Å²) >= 11 is 0. The maximum atomic E-state index is 12.5. The summed E-state index contributed by atoms with van der Waals surface area (Å²) in [4.78, 5) is 12.5. The van der Waals surface area contributed by atoms with Crippen LogP contribution in [0.3, 0.4) is 0 Å². The average Bonchev–Trinajstić information content (AvgIpc) is 3.08. The average molecular weight is 425 g/mol. The van der Waals surface area contributed by atoms with Crippen LogP contribution in [-0.4, -0.2) is 5.78 Å². The van der Waals surface area contributed by atoms with Crippen LogP contribution in [0.4, 0.5) is 0 Å². The summed E-state index contributed by atoms with van der Waals surface area (Å²) in [5.74, 6) is 5.30. The molecule has 0 N–H and O–H groups in total. The van der Waals surface area contributed by atoms with Gasteiger partial charge >= 0.3 is 0 Å². The van der Waals surface area contributed by atoms with Gasteiger partial charge in [0.15, 0.2) is 0 Å². The molecule has 0 amide bonds. The topological polar surface area (TPSA) is 17.1 Å². The quantitative estimate of drug-likeness (QED) is 0.405. The van der Waals surface area contributed by atoms with Gasteiger partial charge in [0, 0.05) is 12.3 Å². The number of carbonyl (C=O) groups is 1.